The molecule has 1 heterocycles. The van der Waals surface area contributed by atoms with Gasteiger partial charge >= 0.3 is 0 Å². The van der Waals surface area contributed by atoms with Crippen molar-refractivity contribution in [2.24, 2.45) is 5.92 Å². The molecule has 1 aliphatic rings. The Balaban J connectivity index is 1.70. The lowest BCUT2D eigenvalue weighted by Gasteiger charge is -2.44. The maximum Gasteiger partial charge on any atom is 0.137 e. The van der Waals surface area contributed by atoms with Crippen molar-refractivity contribution in [3.63, 3.8) is 0 Å². The third-order valence-corrected chi connectivity index (χ3v) is 6.58. The van der Waals surface area contributed by atoms with Crippen molar-refractivity contribution in [1.82, 2.24) is 0 Å². The Bertz CT molecular complexity index is 820. The van der Waals surface area contributed by atoms with Crippen LogP contribution in [-0.4, -0.2) is 49.0 Å². The van der Waals surface area contributed by atoms with Gasteiger partial charge in [0.1, 0.15) is 37.3 Å². The van der Waals surface area contributed by atoms with Gasteiger partial charge < -0.3 is 19.1 Å². The first-order valence-corrected chi connectivity index (χ1v) is 11.6. The molecular weight excluding hydrogens is 386 g/mol. The van der Waals surface area contributed by atoms with E-state index in [1.165, 1.54) is 18.4 Å². The lowest BCUT2D eigenvalue weighted by Crippen LogP contribution is -2.56. The Hall–Kier alpha value is -2.04. The van der Waals surface area contributed by atoms with Crippen LogP contribution in [0.1, 0.15) is 51.7 Å². The fourth-order valence-electron chi connectivity index (χ4n) is 4.65. The van der Waals surface area contributed by atoms with E-state index in [1.54, 1.807) is 7.11 Å². The first-order valence-electron chi connectivity index (χ1n) is 11.6. The van der Waals surface area contributed by atoms with Crippen LogP contribution in [0.4, 0.5) is 0 Å². The summed E-state index contributed by atoms with van der Waals surface area (Å²) in [6, 6.07) is 16.6. The molecule has 1 N–H and O–H groups in total. The number of benzene rings is 2. The number of methoxy groups -OCH3 is 1. The van der Waals surface area contributed by atoms with Gasteiger partial charge in [0, 0.05) is 11.1 Å². The van der Waals surface area contributed by atoms with Crippen molar-refractivity contribution in [1.29, 1.82) is 0 Å². The van der Waals surface area contributed by atoms with Gasteiger partial charge in [-0.3, -0.25) is 0 Å². The average molecular weight is 427 g/mol. The Labute approximate surface area is 188 Å². The minimum atomic E-state index is -0.507. The molecule has 0 spiro atoms. The number of nitrogens with zero attached hydrogens (tertiary/aromatic N) is 1. The second kappa shape index (κ2) is 10.1. The second-order valence-corrected chi connectivity index (χ2v) is 10.4. The van der Waals surface area contributed by atoms with Crippen LogP contribution in [0.2, 0.25) is 0 Å². The van der Waals surface area contributed by atoms with Gasteiger partial charge in [-0.25, -0.2) is 0 Å². The Morgan fingerprint density at radius 2 is 1.74 bits per heavy atom. The number of quaternary nitrogens is 1. The Morgan fingerprint density at radius 3 is 2.35 bits per heavy atom. The van der Waals surface area contributed by atoms with Crippen molar-refractivity contribution < 1.29 is 19.1 Å². The van der Waals surface area contributed by atoms with E-state index >= 15 is 0 Å². The fourth-order valence-corrected chi connectivity index (χ4v) is 4.65. The highest BCUT2D eigenvalue weighted by atomic mass is 16.5. The third kappa shape index (κ3) is 6.47. The Morgan fingerprint density at radius 1 is 1.06 bits per heavy atom. The molecule has 0 saturated carbocycles. The quantitative estimate of drug-likeness (QED) is 0.591. The molecule has 4 nitrogen and oxygen atoms in total. The molecule has 0 aliphatic carbocycles. The second-order valence-electron chi connectivity index (χ2n) is 10.4. The zero-order valence-electron chi connectivity index (χ0n) is 19.9. The van der Waals surface area contributed by atoms with E-state index in [4.69, 9.17) is 9.47 Å². The summed E-state index contributed by atoms with van der Waals surface area (Å²) in [6.45, 7) is 13.1. The molecule has 0 bridgehead atoms. The molecule has 1 fully saturated rings. The van der Waals surface area contributed by atoms with Gasteiger partial charge in [0.25, 0.3) is 0 Å². The van der Waals surface area contributed by atoms with E-state index in [1.807, 2.05) is 18.2 Å². The van der Waals surface area contributed by atoms with Crippen LogP contribution in [0.25, 0.3) is 0 Å². The third-order valence-electron chi connectivity index (χ3n) is 6.58. The summed E-state index contributed by atoms with van der Waals surface area (Å²) < 4.78 is 12.5. The number of hydrogen-bond acceptors (Lipinski definition) is 3. The van der Waals surface area contributed by atoms with Gasteiger partial charge in [0.2, 0.25) is 0 Å². The molecule has 4 heteroatoms. The number of aliphatic hydroxyl groups is 1. The van der Waals surface area contributed by atoms with Crippen molar-refractivity contribution in [2.75, 3.05) is 33.4 Å². The van der Waals surface area contributed by atoms with Gasteiger partial charge in [-0.1, -0.05) is 58.0 Å². The topological polar surface area (TPSA) is 38.7 Å². The smallest absolute Gasteiger partial charge is 0.137 e. The number of aliphatic hydroxyl groups excluding tert-OH is 1. The Kier molecular flexibility index (Phi) is 7.66. The van der Waals surface area contributed by atoms with Crippen molar-refractivity contribution in [3.8, 4) is 11.5 Å². The maximum absolute atomic E-state index is 11.0. The van der Waals surface area contributed by atoms with Crippen LogP contribution in [0.15, 0.2) is 48.5 Å². The molecule has 3 rings (SSSR count). The van der Waals surface area contributed by atoms with Crippen molar-refractivity contribution in [3.05, 3.63) is 59.7 Å². The molecule has 0 unspecified atom stereocenters. The van der Waals surface area contributed by atoms with Crippen molar-refractivity contribution in [2.45, 2.75) is 58.6 Å². The molecule has 1 atom stereocenters. The van der Waals surface area contributed by atoms with Crippen molar-refractivity contribution >= 4 is 0 Å². The molecule has 1 aliphatic heterocycles. The van der Waals surface area contributed by atoms with Crippen LogP contribution in [-0.2, 0) is 12.0 Å². The predicted molar refractivity (Wildman–Crippen MR) is 127 cm³/mol. The van der Waals surface area contributed by atoms with Gasteiger partial charge in [0.15, 0.2) is 0 Å². The lowest BCUT2D eigenvalue weighted by atomic mass is 9.86. The fraction of sp³-hybridized carbons (Fsp3) is 0.556. The lowest BCUT2D eigenvalue weighted by molar-refractivity contribution is -0.948. The maximum atomic E-state index is 11.0. The van der Waals surface area contributed by atoms with Gasteiger partial charge in [-0.2, -0.15) is 0 Å². The molecular formula is C27H40NO3+. The van der Waals surface area contributed by atoms with E-state index in [2.05, 4.69) is 58.0 Å². The van der Waals surface area contributed by atoms with E-state index in [9.17, 15) is 5.11 Å². The molecule has 0 aromatic heterocycles. The molecule has 170 valence electrons. The number of likely N-dealkylation sites (tertiary alicyclic amines) is 1. The summed E-state index contributed by atoms with van der Waals surface area (Å²) in [5, 5.41) is 11.0. The molecule has 2 aromatic carbocycles. The summed E-state index contributed by atoms with van der Waals surface area (Å²) in [5.41, 5.74) is 2.37. The summed E-state index contributed by atoms with van der Waals surface area (Å²) in [6.07, 6.45) is 1.92. The van der Waals surface area contributed by atoms with Gasteiger partial charge in [-0.15, -0.1) is 0 Å². The summed E-state index contributed by atoms with van der Waals surface area (Å²) >= 11 is 0. The SMILES string of the molecule is COc1ccc(OC[C@H](O)C[N+]2(Cc3ccccc3)CCC(C)CC2)c(C(C)(C)C)c1. The number of rotatable bonds is 8. The summed E-state index contributed by atoms with van der Waals surface area (Å²) in [7, 11) is 1.68. The van der Waals surface area contributed by atoms with Gasteiger partial charge in [0.05, 0.1) is 20.2 Å². The van der Waals surface area contributed by atoms with E-state index < -0.39 is 6.10 Å². The zero-order chi connectivity index (χ0) is 22.5. The number of hydrogen-bond donors (Lipinski definition) is 1. The minimum Gasteiger partial charge on any atom is -0.497 e. The summed E-state index contributed by atoms with van der Waals surface area (Å²) in [5.74, 6) is 2.42. The summed E-state index contributed by atoms with van der Waals surface area (Å²) in [4.78, 5) is 0. The molecule has 0 amide bonds. The predicted octanol–water partition coefficient (Wildman–Crippen LogP) is 5.18. The van der Waals surface area contributed by atoms with E-state index in [-0.39, 0.29) is 5.41 Å². The van der Waals surface area contributed by atoms with Crippen LogP contribution in [0, 0.1) is 5.92 Å². The first kappa shape index (κ1) is 23.6. The minimum absolute atomic E-state index is 0.0705. The van der Waals surface area contributed by atoms with Gasteiger partial charge in [-0.05, 0) is 42.4 Å². The molecule has 31 heavy (non-hydrogen) atoms. The van der Waals surface area contributed by atoms with Crippen LogP contribution >= 0.6 is 0 Å². The van der Waals surface area contributed by atoms with E-state index in [0.717, 1.165) is 53.6 Å². The van der Waals surface area contributed by atoms with Crippen LogP contribution < -0.4 is 9.47 Å². The standard InChI is InChI=1S/C27H40NO3/c1-21-13-15-28(16-14-21,18-22-9-7-6-8-10-22)19-23(29)20-31-26-12-11-24(30-5)17-25(26)27(2,3)4/h6-12,17,21,23,29H,13-16,18-20H2,1-5H3/q+1/t21?,23-,28?/m1/s1. The zero-order valence-corrected chi connectivity index (χ0v) is 19.9. The molecule has 0 radical (unpaired) electrons. The van der Waals surface area contributed by atoms with Crippen LogP contribution in [0.3, 0.4) is 0 Å². The first-order chi connectivity index (χ1) is 14.7. The largest absolute Gasteiger partial charge is 0.497 e. The highest BCUT2D eigenvalue weighted by molar-refractivity contribution is 5.44. The monoisotopic (exact) mass is 426 g/mol. The highest BCUT2D eigenvalue weighted by Gasteiger charge is 2.35. The normalized spacial score (nSPS) is 22.7. The molecule has 2 aromatic rings. The highest BCUT2D eigenvalue weighted by Crippen LogP contribution is 2.34. The number of piperidine rings is 1. The number of ether oxygens (including phenoxy) is 2. The average Bonchev–Trinajstić information content (AvgIpc) is 2.74. The van der Waals surface area contributed by atoms with E-state index in [0.29, 0.717) is 6.61 Å². The molecule has 1 saturated heterocycles. The van der Waals surface area contributed by atoms with Crippen LogP contribution in [0.5, 0.6) is 11.5 Å².